The van der Waals surface area contributed by atoms with E-state index in [9.17, 15) is 14.4 Å². The van der Waals surface area contributed by atoms with E-state index in [-0.39, 0.29) is 11.9 Å². The Morgan fingerprint density at radius 2 is 1.47 bits per heavy atom. The smallest absolute Gasteiger partial charge is 0.417 e. The van der Waals surface area contributed by atoms with Crippen molar-refractivity contribution in [3.63, 3.8) is 0 Å². The third-order valence-corrected chi connectivity index (χ3v) is 10.6. The average molecular weight is 452 g/mol. The standard InChI is InChI=1S/C26H33NO4Si/c1-25(2,3)31-24(29)27-20(16-17-23(27)28)18-19-26(4,5)32(30,21-12-8-6-9-13-21)22-14-10-7-11-15-22/h6-17,20,30H,18-19H2,1-5H3/t20-/m0/s1. The molecule has 1 atom stereocenters. The van der Waals surface area contributed by atoms with Crippen LogP contribution in [-0.2, 0) is 9.53 Å². The highest BCUT2D eigenvalue weighted by Crippen LogP contribution is 2.41. The molecule has 6 heteroatoms. The maximum atomic E-state index is 12.6. The van der Waals surface area contributed by atoms with E-state index in [1.807, 2.05) is 60.7 Å². The molecule has 2 aromatic carbocycles. The quantitative estimate of drug-likeness (QED) is 0.674. The van der Waals surface area contributed by atoms with Gasteiger partial charge in [0.15, 0.2) is 0 Å². The Bertz CT molecular complexity index is 940. The molecule has 1 aliphatic heterocycles. The van der Waals surface area contributed by atoms with E-state index in [1.165, 1.54) is 11.0 Å². The van der Waals surface area contributed by atoms with Crippen molar-refractivity contribution in [3.8, 4) is 0 Å². The number of ether oxygens (including phenoxy) is 1. The molecule has 0 unspecified atom stereocenters. The molecule has 5 nitrogen and oxygen atoms in total. The van der Waals surface area contributed by atoms with Crippen LogP contribution >= 0.6 is 0 Å². The number of amides is 2. The Labute approximate surface area is 191 Å². The van der Waals surface area contributed by atoms with Gasteiger partial charge in [0.05, 0.1) is 6.04 Å². The Morgan fingerprint density at radius 3 is 1.94 bits per heavy atom. The monoisotopic (exact) mass is 451 g/mol. The molecule has 0 aliphatic carbocycles. The van der Waals surface area contributed by atoms with Crippen molar-refractivity contribution in [1.82, 2.24) is 4.90 Å². The lowest BCUT2D eigenvalue weighted by atomic mass is 10.0. The zero-order valence-electron chi connectivity index (χ0n) is 19.5. The second-order valence-electron chi connectivity index (χ2n) is 9.98. The molecule has 170 valence electrons. The van der Waals surface area contributed by atoms with Gasteiger partial charge in [-0.05, 0) is 49.0 Å². The fourth-order valence-corrected chi connectivity index (χ4v) is 8.03. The lowest BCUT2D eigenvalue weighted by Gasteiger charge is -2.42. The van der Waals surface area contributed by atoms with Crippen LogP contribution in [0.15, 0.2) is 72.8 Å². The van der Waals surface area contributed by atoms with E-state index in [0.29, 0.717) is 12.8 Å². The molecule has 0 aromatic heterocycles. The molecule has 32 heavy (non-hydrogen) atoms. The van der Waals surface area contributed by atoms with Crippen LogP contribution in [0.25, 0.3) is 0 Å². The second-order valence-corrected chi connectivity index (χ2v) is 13.9. The minimum Gasteiger partial charge on any atom is -0.443 e. The summed E-state index contributed by atoms with van der Waals surface area (Å²) in [5.41, 5.74) is -0.683. The van der Waals surface area contributed by atoms with Gasteiger partial charge < -0.3 is 9.53 Å². The molecular formula is C26H33NO4Si. The summed E-state index contributed by atoms with van der Waals surface area (Å²) in [4.78, 5) is 38.5. The number of benzene rings is 2. The highest BCUT2D eigenvalue weighted by atomic mass is 28.4. The van der Waals surface area contributed by atoms with E-state index in [2.05, 4.69) is 13.8 Å². The largest absolute Gasteiger partial charge is 0.443 e. The zero-order chi connectivity index (χ0) is 23.6. The van der Waals surface area contributed by atoms with Gasteiger partial charge in [0.2, 0.25) is 0 Å². The summed E-state index contributed by atoms with van der Waals surface area (Å²) in [5, 5.41) is 1.42. The van der Waals surface area contributed by atoms with Crippen molar-refractivity contribution < 1.29 is 19.1 Å². The van der Waals surface area contributed by atoms with Crippen molar-refractivity contribution in [2.75, 3.05) is 0 Å². The molecule has 0 fully saturated rings. The van der Waals surface area contributed by atoms with Crippen LogP contribution < -0.4 is 10.4 Å². The third-order valence-electron chi connectivity index (χ3n) is 6.05. The van der Waals surface area contributed by atoms with E-state index in [0.717, 1.165) is 10.4 Å². The molecule has 2 aromatic rings. The number of hydrogen-bond donors (Lipinski definition) is 1. The maximum absolute atomic E-state index is 12.6. The molecule has 1 heterocycles. The normalized spacial score (nSPS) is 17.0. The molecule has 0 bridgehead atoms. The molecular weight excluding hydrogens is 418 g/mol. The molecule has 0 saturated carbocycles. The Morgan fingerprint density at radius 1 is 0.969 bits per heavy atom. The van der Waals surface area contributed by atoms with Crippen LogP contribution in [0.5, 0.6) is 0 Å². The van der Waals surface area contributed by atoms with Crippen LogP contribution in [-0.4, -0.2) is 41.7 Å². The average Bonchev–Trinajstić information content (AvgIpc) is 3.12. The Kier molecular flexibility index (Phi) is 6.77. The molecule has 0 saturated heterocycles. The van der Waals surface area contributed by atoms with Crippen molar-refractivity contribution in [3.05, 3.63) is 72.8 Å². The number of carbonyl (C=O) groups is 2. The summed E-state index contributed by atoms with van der Waals surface area (Å²) >= 11 is 0. The van der Waals surface area contributed by atoms with Crippen LogP contribution in [0, 0.1) is 0 Å². The van der Waals surface area contributed by atoms with Crippen molar-refractivity contribution >= 4 is 30.7 Å². The minimum absolute atomic E-state index is 0.360. The summed E-state index contributed by atoms with van der Waals surface area (Å²) in [6, 6.07) is 19.3. The highest BCUT2D eigenvalue weighted by Gasteiger charge is 2.50. The van der Waals surface area contributed by atoms with Crippen molar-refractivity contribution in [2.24, 2.45) is 0 Å². The maximum Gasteiger partial charge on any atom is 0.417 e. The number of nitrogens with zero attached hydrogens (tertiary/aromatic N) is 1. The van der Waals surface area contributed by atoms with E-state index >= 15 is 0 Å². The lowest BCUT2D eigenvalue weighted by Crippen LogP contribution is -2.65. The number of rotatable bonds is 6. The first-order chi connectivity index (χ1) is 15.0. The molecule has 1 aliphatic rings. The first kappa shape index (κ1) is 23.9. The summed E-state index contributed by atoms with van der Waals surface area (Å²) in [5.74, 6) is -0.360. The SMILES string of the molecule is CC(C)(C)OC(=O)N1C(=O)C=C[C@H]1CCC(C)(C)[Si](O)(c1ccccc1)c1ccccc1. The zero-order valence-corrected chi connectivity index (χ0v) is 20.5. The first-order valence-electron chi connectivity index (χ1n) is 11.0. The first-order valence-corrected chi connectivity index (χ1v) is 13.0. The summed E-state index contributed by atoms with van der Waals surface area (Å²) in [6.45, 7) is 9.50. The molecule has 2 amide bonds. The van der Waals surface area contributed by atoms with Gasteiger partial charge in [0.1, 0.15) is 5.60 Å². The van der Waals surface area contributed by atoms with Crippen LogP contribution in [0.2, 0.25) is 5.04 Å². The van der Waals surface area contributed by atoms with Crippen LogP contribution in [0.4, 0.5) is 4.79 Å². The number of carbonyl (C=O) groups excluding carboxylic acids is 2. The topological polar surface area (TPSA) is 66.8 Å². The van der Waals surface area contributed by atoms with E-state index < -0.39 is 25.0 Å². The molecule has 1 N–H and O–H groups in total. The molecule has 0 radical (unpaired) electrons. The van der Waals surface area contributed by atoms with Gasteiger partial charge in [-0.15, -0.1) is 0 Å². The minimum atomic E-state index is -3.15. The predicted molar refractivity (Wildman–Crippen MR) is 129 cm³/mol. The van der Waals surface area contributed by atoms with Gasteiger partial charge in [0.25, 0.3) is 14.2 Å². The fraction of sp³-hybridized carbons (Fsp3) is 0.385. The van der Waals surface area contributed by atoms with E-state index in [4.69, 9.17) is 4.74 Å². The van der Waals surface area contributed by atoms with Crippen LogP contribution in [0.1, 0.15) is 47.5 Å². The second kappa shape index (κ2) is 9.04. The van der Waals surface area contributed by atoms with Gasteiger partial charge in [-0.3, -0.25) is 4.79 Å². The molecule has 0 spiro atoms. The van der Waals surface area contributed by atoms with E-state index in [1.54, 1.807) is 26.8 Å². The van der Waals surface area contributed by atoms with Gasteiger partial charge in [0, 0.05) is 6.08 Å². The van der Waals surface area contributed by atoms with Gasteiger partial charge in [-0.2, -0.15) is 0 Å². The van der Waals surface area contributed by atoms with Gasteiger partial charge in [-0.25, -0.2) is 9.69 Å². The lowest BCUT2D eigenvalue weighted by molar-refractivity contribution is -0.125. The van der Waals surface area contributed by atoms with Crippen LogP contribution in [0.3, 0.4) is 0 Å². The van der Waals surface area contributed by atoms with Crippen molar-refractivity contribution in [1.29, 1.82) is 0 Å². The summed E-state index contributed by atoms with van der Waals surface area (Å²) in [7, 11) is -3.15. The number of hydrogen-bond acceptors (Lipinski definition) is 4. The Hall–Kier alpha value is -2.70. The predicted octanol–water partition coefficient (Wildman–Crippen LogP) is 4.00. The summed E-state index contributed by atoms with van der Waals surface area (Å²) < 4.78 is 5.45. The Balaban J connectivity index is 1.87. The highest BCUT2D eigenvalue weighted by molar-refractivity contribution is 6.98. The van der Waals surface area contributed by atoms with Gasteiger partial charge >= 0.3 is 6.09 Å². The van der Waals surface area contributed by atoms with Gasteiger partial charge in [-0.1, -0.05) is 80.6 Å². The van der Waals surface area contributed by atoms with Crippen molar-refractivity contribution in [2.45, 2.75) is 64.1 Å². The fourth-order valence-electron chi connectivity index (χ4n) is 4.28. The molecule has 3 rings (SSSR count). The number of imide groups is 1. The third kappa shape index (κ3) is 4.86. The summed E-state index contributed by atoms with van der Waals surface area (Å²) in [6.07, 6.45) is 3.73.